The maximum Gasteiger partial charge on any atom is 0.132 e. The van der Waals surface area contributed by atoms with Gasteiger partial charge in [0.1, 0.15) is 5.15 Å². The van der Waals surface area contributed by atoms with Crippen molar-refractivity contribution in [3.8, 4) is 0 Å². The van der Waals surface area contributed by atoms with Gasteiger partial charge in [0.2, 0.25) is 0 Å². The van der Waals surface area contributed by atoms with Crippen LogP contribution in [0.5, 0.6) is 0 Å². The summed E-state index contributed by atoms with van der Waals surface area (Å²) in [6.45, 7) is 14.9. The van der Waals surface area contributed by atoms with Gasteiger partial charge in [-0.2, -0.15) is 0 Å². The Labute approximate surface area is 154 Å². The third kappa shape index (κ3) is 7.92. The van der Waals surface area contributed by atoms with Gasteiger partial charge in [-0.15, -0.1) is 0 Å². The zero-order valence-corrected chi connectivity index (χ0v) is 15.5. The predicted molar refractivity (Wildman–Crippen MR) is 109 cm³/mol. The molecule has 0 N–H and O–H groups in total. The van der Waals surface area contributed by atoms with Crippen LogP contribution in [0.3, 0.4) is 0 Å². The molecule has 2 nitrogen and oxygen atoms in total. The van der Waals surface area contributed by atoms with Crippen LogP contribution in [-0.4, -0.2) is 9.97 Å². The molecule has 0 fully saturated rings. The van der Waals surface area contributed by atoms with Crippen LogP contribution >= 0.6 is 11.6 Å². The molecule has 0 radical (unpaired) electrons. The van der Waals surface area contributed by atoms with Gasteiger partial charge < -0.3 is 0 Å². The fourth-order valence-corrected chi connectivity index (χ4v) is 2.31. The molecule has 24 heavy (non-hydrogen) atoms. The van der Waals surface area contributed by atoms with E-state index in [1.807, 2.05) is 25.1 Å². The SMILES string of the molecule is C.C.CC(C)(C)c1cccnc1Cl.Cc1cccc(C(C)(C)C)n1. The molecule has 2 heterocycles. The quantitative estimate of drug-likeness (QED) is 0.478. The van der Waals surface area contributed by atoms with Crippen LogP contribution < -0.4 is 0 Å². The molecule has 0 spiro atoms. The van der Waals surface area contributed by atoms with E-state index in [4.69, 9.17) is 11.6 Å². The molecule has 0 unspecified atom stereocenters. The first-order valence-electron chi connectivity index (χ1n) is 7.57. The highest BCUT2D eigenvalue weighted by Gasteiger charge is 2.16. The molecule has 0 bridgehead atoms. The Morgan fingerprint density at radius 1 is 0.833 bits per heavy atom. The molecule has 0 aliphatic carbocycles. The lowest BCUT2D eigenvalue weighted by atomic mass is 9.88. The first kappa shape index (κ1) is 24.8. The van der Waals surface area contributed by atoms with Gasteiger partial charge in [-0.25, -0.2) is 4.98 Å². The number of hydrogen-bond acceptors (Lipinski definition) is 2. The van der Waals surface area contributed by atoms with Crippen molar-refractivity contribution in [1.82, 2.24) is 9.97 Å². The first-order valence-corrected chi connectivity index (χ1v) is 7.95. The zero-order chi connectivity index (χ0) is 17.0. The Morgan fingerprint density at radius 2 is 1.42 bits per heavy atom. The van der Waals surface area contributed by atoms with Crippen molar-refractivity contribution < 1.29 is 0 Å². The van der Waals surface area contributed by atoms with Gasteiger partial charge in [0.25, 0.3) is 0 Å². The summed E-state index contributed by atoms with van der Waals surface area (Å²) in [4.78, 5) is 8.46. The van der Waals surface area contributed by atoms with E-state index in [-0.39, 0.29) is 25.7 Å². The monoisotopic (exact) mass is 350 g/mol. The lowest BCUT2D eigenvalue weighted by Gasteiger charge is -2.19. The van der Waals surface area contributed by atoms with Crippen LogP contribution in [0, 0.1) is 6.92 Å². The maximum atomic E-state index is 5.90. The Kier molecular flexibility index (Phi) is 10.1. The number of aromatic nitrogens is 2. The van der Waals surface area contributed by atoms with E-state index in [1.165, 1.54) is 0 Å². The zero-order valence-electron chi connectivity index (χ0n) is 14.7. The minimum atomic E-state index is 0. The third-order valence-electron chi connectivity index (χ3n) is 3.22. The molecule has 0 aliphatic rings. The van der Waals surface area contributed by atoms with Gasteiger partial charge in [0.05, 0.1) is 0 Å². The summed E-state index contributed by atoms with van der Waals surface area (Å²) in [5.74, 6) is 0. The van der Waals surface area contributed by atoms with Crippen molar-refractivity contribution >= 4 is 11.6 Å². The van der Waals surface area contributed by atoms with Crippen molar-refractivity contribution in [2.45, 2.75) is 74.1 Å². The van der Waals surface area contributed by atoms with Crippen molar-refractivity contribution in [3.05, 3.63) is 58.6 Å². The molecule has 0 saturated heterocycles. The summed E-state index contributed by atoms with van der Waals surface area (Å²) in [7, 11) is 0. The second kappa shape index (κ2) is 9.78. The molecule has 0 saturated carbocycles. The molecular formula is C21H35ClN2. The fourth-order valence-electron chi connectivity index (χ4n) is 1.91. The van der Waals surface area contributed by atoms with E-state index in [0.717, 1.165) is 17.0 Å². The normalized spacial score (nSPS) is 10.7. The van der Waals surface area contributed by atoms with Gasteiger partial charge >= 0.3 is 0 Å². The molecule has 2 aromatic heterocycles. The van der Waals surface area contributed by atoms with Crippen LogP contribution in [0.1, 0.15) is 73.3 Å². The second-order valence-corrected chi connectivity index (χ2v) is 7.86. The molecule has 0 atom stereocenters. The third-order valence-corrected chi connectivity index (χ3v) is 3.53. The van der Waals surface area contributed by atoms with E-state index >= 15 is 0 Å². The minimum absolute atomic E-state index is 0. The van der Waals surface area contributed by atoms with Gasteiger partial charge in [-0.1, -0.05) is 80.1 Å². The molecule has 2 aromatic rings. The van der Waals surface area contributed by atoms with Crippen LogP contribution in [0.4, 0.5) is 0 Å². The number of aryl methyl sites for hydroxylation is 1. The summed E-state index contributed by atoms with van der Waals surface area (Å²) in [6.07, 6.45) is 1.71. The van der Waals surface area contributed by atoms with Crippen molar-refractivity contribution in [2.24, 2.45) is 0 Å². The van der Waals surface area contributed by atoms with Crippen molar-refractivity contribution in [2.75, 3.05) is 0 Å². The Hall–Kier alpha value is -1.41. The molecule has 0 aromatic carbocycles. The van der Waals surface area contributed by atoms with E-state index in [0.29, 0.717) is 5.15 Å². The molecule has 136 valence electrons. The summed E-state index contributed by atoms with van der Waals surface area (Å²) in [5, 5.41) is 0.611. The van der Waals surface area contributed by atoms with E-state index in [1.54, 1.807) is 6.20 Å². The number of nitrogens with zero attached hydrogens (tertiary/aromatic N) is 2. The largest absolute Gasteiger partial charge is 0.258 e. The molecular weight excluding hydrogens is 316 g/mol. The summed E-state index contributed by atoms with van der Waals surface area (Å²) >= 11 is 5.90. The summed E-state index contributed by atoms with van der Waals surface area (Å²) < 4.78 is 0. The lowest BCUT2D eigenvalue weighted by Crippen LogP contribution is -2.13. The predicted octanol–water partition coefficient (Wildman–Crippen LogP) is 6.99. The lowest BCUT2D eigenvalue weighted by molar-refractivity contribution is 0.567. The molecule has 3 heteroatoms. The molecule has 0 aliphatic heterocycles. The van der Waals surface area contributed by atoms with Gasteiger partial charge in [0.15, 0.2) is 0 Å². The smallest absolute Gasteiger partial charge is 0.132 e. The van der Waals surface area contributed by atoms with Crippen LogP contribution in [-0.2, 0) is 10.8 Å². The minimum Gasteiger partial charge on any atom is -0.258 e. The van der Waals surface area contributed by atoms with E-state index in [9.17, 15) is 0 Å². The average molecular weight is 351 g/mol. The van der Waals surface area contributed by atoms with Crippen molar-refractivity contribution in [3.63, 3.8) is 0 Å². The first-order chi connectivity index (χ1) is 10.0. The van der Waals surface area contributed by atoms with Gasteiger partial charge in [0, 0.05) is 23.0 Å². The topological polar surface area (TPSA) is 25.8 Å². The molecule has 2 rings (SSSR count). The summed E-state index contributed by atoms with van der Waals surface area (Å²) in [6, 6.07) is 10.1. The molecule has 0 amide bonds. The Morgan fingerprint density at radius 3 is 1.75 bits per heavy atom. The number of pyridine rings is 2. The standard InChI is InChI=1S/C10H15N.C9H12ClN.2CH4/c1-8-6-5-7-9(11-8)10(2,3)4;1-9(2,3)7-5-4-6-11-8(7)10;;/h5-7H,1-4H3;4-6H,1-3H3;2*1H4. The van der Waals surface area contributed by atoms with Crippen molar-refractivity contribution in [1.29, 1.82) is 0 Å². The number of rotatable bonds is 0. The van der Waals surface area contributed by atoms with Crippen LogP contribution in [0.2, 0.25) is 5.15 Å². The van der Waals surface area contributed by atoms with Gasteiger partial charge in [-0.05, 0) is 36.1 Å². The number of halogens is 1. The van der Waals surface area contributed by atoms with Crippen LogP contribution in [0.25, 0.3) is 0 Å². The van der Waals surface area contributed by atoms with Gasteiger partial charge in [-0.3, -0.25) is 4.98 Å². The average Bonchev–Trinajstić information content (AvgIpc) is 2.37. The Balaban J connectivity index is 0. The summed E-state index contributed by atoms with van der Waals surface area (Å²) in [5.41, 5.74) is 3.62. The van der Waals surface area contributed by atoms with E-state index < -0.39 is 0 Å². The van der Waals surface area contributed by atoms with Crippen LogP contribution in [0.15, 0.2) is 36.5 Å². The number of hydrogen-bond donors (Lipinski definition) is 0. The van der Waals surface area contributed by atoms with E-state index in [2.05, 4.69) is 63.6 Å². The highest BCUT2D eigenvalue weighted by atomic mass is 35.5. The second-order valence-electron chi connectivity index (χ2n) is 7.51. The maximum absolute atomic E-state index is 5.90. The highest BCUT2D eigenvalue weighted by molar-refractivity contribution is 6.30. The highest BCUT2D eigenvalue weighted by Crippen LogP contribution is 2.26. The Bertz CT molecular complexity index is 608. The fraction of sp³-hybridized carbons (Fsp3) is 0.524.